The maximum absolute atomic E-state index is 12.8. The Labute approximate surface area is 207 Å². The van der Waals surface area contributed by atoms with E-state index in [1.165, 1.54) is 19.2 Å². The molecule has 11 heteroatoms. The predicted octanol–water partition coefficient (Wildman–Crippen LogP) is 5.12. The summed E-state index contributed by atoms with van der Waals surface area (Å²) >= 11 is 1.11. The first-order valence-electron chi connectivity index (χ1n) is 10.7. The van der Waals surface area contributed by atoms with Gasteiger partial charge < -0.3 is 9.84 Å². The van der Waals surface area contributed by atoms with Crippen molar-refractivity contribution in [2.75, 3.05) is 7.11 Å². The number of aromatic nitrogens is 3. The first kappa shape index (κ1) is 25.2. The normalized spacial score (nSPS) is 12.4. The number of halogens is 3. The van der Waals surface area contributed by atoms with E-state index in [0.717, 1.165) is 28.6 Å². The molecule has 0 aliphatic carbocycles. The Kier molecular flexibility index (Phi) is 7.30. The van der Waals surface area contributed by atoms with E-state index in [0.29, 0.717) is 32.7 Å². The van der Waals surface area contributed by atoms with Crippen LogP contribution >= 0.6 is 11.8 Å². The highest BCUT2D eigenvalue weighted by molar-refractivity contribution is 8.00. The standard InChI is InChI=1S/C25H20F3N3O4S/c1-35-18-8-11-21-20(14-18)23(32)31(30-29-21)13-12-22(24(33)34)36-19-9-4-16(5-10-19)15-2-6-17(7-3-15)25(26,27)28/h2-11,14,22H,12-13H2,1H3,(H,33,34). The first-order chi connectivity index (χ1) is 17.2. The van der Waals surface area contributed by atoms with Crippen molar-refractivity contribution in [2.24, 2.45) is 0 Å². The van der Waals surface area contributed by atoms with Crippen LogP contribution in [0.15, 0.2) is 76.4 Å². The van der Waals surface area contributed by atoms with Gasteiger partial charge in [0, 0.05) is 11.4 Å². The molecule has 4 rings (SSSR count). The molecule has 0 radical (unpaired) electrons. The van der Waals surface area contributed by atoms with Gasteiger partial charge in [0.1, 0.15) is 16.5 Å². The minimum atomic E-state index is -4.40. The molecule has 3 aromatic carbocycles. The van der Waals surface area contributed by atoms with Crippen molar-refractivity contribution in [2.45, 2.75) is 29.3 Å². The molecule has 1 N–H and O–H groups in total. The second kappa shape index (κ2) is 10.4. The third-order valence-corrected chi connectivity index (χ3v) is 6.75. The second-order valence-electron chi connectivity index (χ2n) is 7.83. The summed E-state index contributed by atoms with van der Waals surface area (Å²) in [5.41, 5.74) is 0.605. The van der Waals surface area contributed by atoms with Gasteiger partial charge in [-0.25, -0.2) is 4.68 Å². The fourth-order valence-electron chi connectivity index (χ4n) is 3.54. The highest BCUT2D eigenvalue weighted by atomic mass is 32.2. The molecular formula is C25H20F3N3O4S. The minimum Gasteiger partial charge on any atom is -0.497 e. The van der Waals surface area contributed by atoms with Gasteiger partial charge in [-0.15, -0.1) is 16.9 Å². The number of benzene rings is 3. The molecule has 1 unspecified atom stereocenters. The van der Waals surface area contributed by atoms with Crippen molar-refractivity contribution in [3.63, 3.8) is 0 Å². The summed E-state index contributed by atoms with van der Waals surface area (Å²) in [6.07, 6.45) is -4.29. The summed E-state index contributed by atoms with van der Waals surface area (Å²) in [5, 5.41) is 17.1. The fraction of sp³-hybridized carbons (Fsp3) is 0.200. The van der Waals surface area contributed by atoms with Crippen LogP contribution in [0, 0.1) is 0 Å². The van der Waals surface area contributed by atoms with Crippen LogP contribution in [0.2, 0.25) is 0 Å². The molecule has 0 saturated carbocycles. The molecular weight excluding hydrogens is 495 g/mol. The maximum Gasteiger partial charge on any atom is 0.416 e. The second-order valence-corrected chi connectivity index (χ2v) is 9.11. The Morgan fingerprint density at radius 3 is 2.28 bits per heavy atom. The Morgan fingerprint density at radius 2 is 1.69 bits per heavy atom. The van der Waals surface area contributed by atoms with Crippen LogP contribution in [0.25, 0.3) is 22.0 Å². The highest BCUT2D eigenvalue weighted by Crippen LogP contribution is 2.32. The minimum absolute atomic E-state index is 0.0482. The van der Waals surface area contributed by atoms with Crippen LogP contribution < -0.4 is 10.3 Å². The number of nitrogens with zero attached hydrogens (tertiary/aromatic N) is 3. The lowest BCUT2D eigenvalue weighted by Gasteiger charge is -2.13. The van der Waals surface area contributed by atoms with Gasteiger partial charge in [-0.05, 0) is 60.0 Å². The Hall–Kier alpha value is -3.86. The van der Waals surface area contributed by atoms with E-state index in [1.54, 1.807) is 42.5 Å². The number of thioether (sulfide) groups is 1. The lowest BCUT2D eigenvalue weighted by atomic mass is 10.0. The maximum atomic E-state index is 12.8. The molecule has 0 spiro atoms. The van der Waals surface area contributed by atoms with Gasteiger partial charge in [0.2, 0.25) is 0 Å². The Balaban J connectivity index is 1.45. The van der Waals surface area contributed by atoms with Crippen LogP contribution in [0.4, 0.5) is 13.2 Å². The number of carboxylic acids is 1. The monoisotopic (exact) mass is 515 g/mol. The van der Waals surface area contributed by atoms with Gasteiger partial charge in [0.25, 0.3) is 5.56 Å². The van der Waals surface area contributed by atoms with E-state index in [2.05, 4.69) is 10.3 Å². The molecule has 1 heterocycles. The van der Waals surface area contributed by atoms with Gasteiger partial charge in [0.05, 0.1) is 18.1 Å². The summed E-state index contributed by atoms with van der Waals surface area (Å²) in [7, 11) is 1.49. The van der Waals surface area contributed by atoms with Crippen molar-refractivity contribution in [3.8, 4) is 16.9 Å². The molecule has 0 aliphatic heterocycles. The summed E-state index contributed by atoms with van der Waals surface area (Å²) in [6, 6.07) is 16.5. The SMILES string of the molecule is COc1ccc2nnn(CCC(Sc3ccc(-c4ccc(C(F)(F)F)cc4)cc3)C(=O)O)c(=O)c2c1. The van der Waals surface area contributed by atoms with E-state index in [9.17, 15) is 27.9 Å². The fourth-order valence-corrected chi connectivity index (χ4v) is 4.49. The van der Waals surface area contributed by atoms with Crippen LogP contribution in [0.3, 0.4) is 0 Å². The molecule has 0 fully saturated rings. The van der Waals surface area contributed by atoms with Crippen molar-refractivity contribution < 1.29 is 27.8 Å². The molecule has 7 nitrogen and oxygen atoms in total. The van der Waals surface area contributed by atoms with Crippen LogP contribution in [-0.4, -0.2) is 38.4 Å². The average molecular weight is 516 g/mol. The van der Waals surface area contributed by atoms with Gasteiger partial charge in [-0.2, -0.15) is 13.2 Å². The van der Waals surface area contributed by atoms with E-state index in [-0.39, 0.29) is 13.0 Å². The smallest absolute Gasteiger partial charge is 0.416 e. The molecule has 1 atom stereocenters. The molecule has 1 aromatic heterocycles. The Bertz CT molecular complexity index is 1440. The largest absolute Gasteiger partial charge is 0.497 e. The molecule has 186 valence electrons. The number of hydrogen-bond acceptors (Lipinski definition) is 6. The number of aliphatic carboxylic acids is 1. The van der Waals surface area contributed by atoms with Gasteiger partial charge in [-0.3, -0.25) is 9.59 Å². The molecule has 0 saturated heterocycles. The number of rotatable bonds is 8. The zero-order chi connectivity index (χ0) is 25.9. The third-order valence-electron chi connectivity index (χ3n) is 5.49. The van der Waals surface area contributed by atoms with E-state index in [4.69, 9.17) is 4.74 Å². The highest BCUT2D eigenvalue weighted by Gasteiger charge is 2.30. The average Bonchev–Trinajstić information content (AvgIpc) is 2.87. The molecule has 36 heavy (non-hydrogen) atoms. The lowest BCUT2D eigenvalue weighted by molar-refractivity contribution is -0.138. The topological polar surface area (TPSA) is 94.3 Å². The van der Waals surface area contributed by atoms with E-state index in [1.807, 2.05) is 0 Å². The zero-order valence-corrected chi connectivity index (χ0v) is 19.7. The number of aryl methyl sites for hydroxylation is 1. The van der Waals surface area contributed by atoms with Crippen LogP contribution in [0.1, 0.15) is 12.0 Å². The number of carboxylic acid groups (broad SMARTS) is 1. The summed E-state index contributed by atoms with van der Waals surface area (Å²) in [6.45, 7) is 0.0482. The van der Waals surface area contributed by atoms with E-state index < -0.39 is 28.5 Å². The number of fused-ring (bicyclic) bond motifs is 1. The molecule has 4 aromatic rings. The molecule has 0 bridgehead atoms. The third kappa shape index (κ3) is 5.68. The van der Waals surface area contributed by atoms with Crippen LogP contribution in [0.5, 0.6) is 5.75 Å². The quantitative estimate of drug-likeness (QED) is 0.326. The van der Waals surface area contributed by atoms with Crippen molar-refractivity contribution in [3.05, 3.63) is 82.6 Å². The number of ether oxygens (including phenoxy) is 1. The molecule has 0 amide bonds. The predicted molar refractivity (Wildman–Crippen MR) is 129 cm³/mol. The van der Waals surface area contributed by atoms with Crippen LogP contribution in [-0.2, 0) is 17.5 Å². The summed E-state index contributed by atoms with van der Waals surface area (Å²) in [4.78, 5) is 25.3. The summed E-state index contributed by atoms with van der Waals surface area (Å²) < 4.78 is 44.6. The molecule has 0 aliphatic rings. The van der Waals surface area contributed by atoms with E-state index >= 15 is 0 Å². The van der Waals surface area contributed by atoms with Gasteiger partial charge in [-0.1, -0.05) is 29.5 Å². The number of alkyl halides is 3. The number of methoxy groups -OCH3 is 1. The van der Waals surface area contributed by atoms with Gasteiger partial charge in [0.15, 0.2) is 0 Å². The number of hydrogen-bond donors (Lipinski definition) is 1. The van der Waals surface area contributed by atoms with Crippen molar-refractivity contribution >= 4 is 28.6 Å². The van der Waals surface area contributed by atoms with Gasteiger partial charge >= 0.3 is 12.1 Å². The summed E-state index contributed by atoms with van der Waals surface area (Å²) in [5.74, 6) is -0.548. The zero-order valence-electron chi connectivity index (χ0n) is 18.9. The number of carbonyl (C=O) groups is 1. The first-order valence-corrected chi connectivity index (χ1v) is 11.6. The lowest BCUT2D eigenvalue weighted by Crippen LogP contribution is -2.27. The Morgan fingerprint density at radius 1 is 1.06 bits per heavy atom. The van der Waals surface area contributed by atoms with Crippen molar-refractivity contribution in [1.82, 2.24) is 15.0 Å². The van der Waals surface area contributed by atoms with Crippen molar-refractivity contribution in [1.29, 1.82) is 0 Å².